The maximum Gasteiger partial charge on any atom is -0.00249 e. The normalized spacial score (nSPS) is 6.92. The van der Waals surface area contributed by atoms with Gasteiger partial charge in [0.2, 0.25) is 0 Å². The van der Waals surface area contributed by atoms with Gasteiger partial charge in [0.15, 0.2) is 0 Å². The lowest BCUT2D eigenvalue weighted by atomic mass is 10.3. The van der Waals surface area contributed by atoms with Crippen LogP contribution in [0.4, 0.5) is 0 Å². The summed E-state index contributed by atoms with van der Waals surface area (Å²) in [4.78, 5) is 2.21. The van der Waals surface area contributed by atoms with Crippen molar-refractivity contribution in [2.24, 2.45) is 0 Å². The minimum Gasteiger partial charge on any atom is -0.309 e. The molecular formula is C12H33N. The van der Waals surface area contributed by atoms with Gasteiger partial charge in [-0.1, -0.05) is 54.9 Å². The van der Waals surface area contributed by atoms with Crippen molar-refractivity contribution in [2.75, 3.05) is 20.6 Å². The standard InChI is InChI=1S/C6H15N.3C2H6/c1-4-5-6-7(2)3;3*1-2/h4-6H2,1-3H3;3*1-2H3. The third-order valence-corrected chi connectivity index (χ3v) is 0.959. The minimum atomic E-state index is 1.23. The Hall–Kier alpha value is -0.0400. The van der Waals surface area contributed by atoms with Gasteiger partial charge >= 0.3 is 0 Å². The van der Waals surface area contributed by atoms with Crippen LogP contribution in [0.1, 0.15) is 61.3 Å². The van der Waals surface area contributed by atoms with E-state index >= 15 is 0 Å². The first-order valence-electron chi connectivity index (χ1n) is 5.92. The lowest BCUT2D eigenvalue weighted by Crippen LogP contribution is -2.12. The predicted molar refractivity (Wildman–Crippen MR) is 67.5 cm³/mol. The second-order valence-corrected chi connectivity index (χ2v) is 2.16. The zero-order chi connectivity index (χ0) is 11.7. The molecule has 0 amide bonds. The average Bonchev–Trinajstić information content (AvgIpc) is 2.24. The molecule has 0 aromatic rings. The maximum absolute atomic E-state index is 2.21. The first-order chi connectivity index (χ1) is 6.27. The zero-order valence-corrected chi connectivity index (χ0v) is 11.6. The number of rotatable bonds is 3. The third-order valence-electron chi connectivity index (χ3n) is 0.959. The van der Waals surface area contributed by atoms with E-state index in [1.807, 2.05) is 41.5 Å². The summed E-state index contributed by atoms with van der Waals surface area (Å²) in [7, 11) is 4.21. The van der Waals surface area contributed by atoms with Crippen LogP contribution in [0.15, 0.2) is 0 Å². The first kappa shape index (κ1) is 23.1. The van der Waals surface area contributed by atoms with Crippen LogP contribution >= 0.6 is 0 Å². The molecule has 0 saturated heterocycles. The molecule has 0 rings (SSSR count). The Balaban J connectivity index is -0.0000000573. The van der Waals surface area contributed by atoms with Gasteiger partial charge < -0.3 is 4.90 Å². The van der Waals surface area contributed by atoms with Crippen molar-refractivity contribution < 1.29 is 0 Å². The molecule has 0 aliphatic rings. The molecule has 0 unspecified atom stereocenters. The van der Waals surface area contributed by atoms with E-state index in [0.717, 1.165) is 0 Å². The number of unbranched alkanes of at least 4 members (excludes halogenated alkanes) is 1. The fourth-order valence-corrected chi connectivity index (χ4v) is 0.474. The molecule has 0 bridgehead atoms. The van der Waals surface area contributed by atoms with E-state index in [0.29, 0.717) is 0 Å². The van der Waals surface area contributed by atoms with Crippen LogP contribution in [0.25, 0.3) is 0 Å². The largest absolute Gasteiger partial charge is 0.309 e. The summed E-state index contributed by atoms with van der Waals surface area (Å²) in [5, 5.41) is 0. The van der Waals surface area contributed by atoms with Gasteiger partial charge in [-0.2, -0.15) is 0 Å². The van der Waals surface area contributed by atoms with Gasteiger partial charge in [0, 0.05) is 0 Å². The van der Waals surface area contributed by atoms with E-state index in [-0.39, 0.29) is 0 Å². The third kappa shape index (κ3) is 75.7. The van der Waals surface area contributed by atoms with Gasteiger partial charge in [0.05, 0.1) is 0 Å². The zero-order valence-electron chi connectivity index (χ0n) is 11.6. The highest BCUT2D eigenvalue weighted by Gasteiger charge is 1.83. The van der Waals surface area contributed by atoms with Crippen molar-refractivity contribution >= 4 is 0 Å². The molecule has 1 heteroatoms. The lowest BCUT2D eigenvalue weighted by molar-refractivity contribution is 0.398. The first-order valence-corrected chi connectivity index (χ1v) is 5.92. The van der Waals surface area contributed by atoms with Crippen molar-refractivity contribution in [1.29, 1.82) is 0 Å². The Morgan fingerprint density at radius 2 is 1.08 bits per heavy atom. The summed E-state index contributed by atoms with van der Waals surface area (Å²) >= 11 is 0. The second-order valence-electron chi connectivity index (χ2n) is 2.16. The Bertz CT molecular complexity index is 34.1. The van der Waals surface area contributed by atoms with Crippen LogP contribution in [0.2, 0.25) is 0 Å². The molecule has 0 heterocycles. The van der Waals surface area contributed by atoms with Crippen molar-refractivity contribution in [1.82, 2.24) is 4.90 Å². The molecule has 0 aliphatic carbocycles. The summed E-state index contributed by atoms with van der Waals surface area (Å²) < 4.78 is 0. The Morgan fingerprint density at radius 3 is 1.15 bits per heavy atom. The highest BCUT2D eigenvalue weighted by atomic mass is 15.0. The van der Waals surface area contributed by atoms with Gasteiger partial charge in [-0.25, -0.2) is 0 Å². The molecule has 0 fully saturated rings. The van der Waals surface area contributed by atoms with Crippen molar-refractivity contribution in [3.05, 3.63) is 0 Å². The molecule has 86 valence electrons. The highest BCUT2D eigenvalue weighted by molar-refractivity contribution is 4.39. The SMILES string of the molecule is CC.CC.CC.CCCCN(C)C. The molecule has 0 spiro atoms. The van der Waals surface area contributed by atoms with Crippen molar-refractivity contribution in [2.45, 2.75) is 61.3 Å². The van der Waals surface area contributed by atoms with Crippen molar-refractivity contribution in [3.63, 3.8) is 0 Å². The smallest absolute Gasteiger partial charge is 0.00249 e. The Labute approximate surface area is 87.5 Å². The highest BCUT2D eigenvalue weighted by Crippen LogP contribution is 1.86. The molecule has 0 N–H and O–H groups in total. The van der Waals surface area contributed by atoms with Crippen LogP contribution in [-0.2, 0) is 0 Å². The van der Waals surface area contributed by atoms with Gasteiger partial charge in [-0.3, -0.25) is 0 Å². The van der Waals surface area contributed by atoms with Crippen LogP contribution in [0.5, 0.6) is 0 Å². The Kier molecular flexibility index (Phi) is 71.8. The predicted octanol–water partition coefficient (Wildman–Crippen LogP) is 4.43. The van der Waals surface area contributed by atoms with Gasteiger partial charge in [0.25, 0.3) is 0 Å². The van der Waals surface area contributed by atoms with E-state index in [2.05, 4.69) is 25.9 Å². The van der Waals surface area contributed by atoms with E-state index in [1.165, 1.54) is 19.4 Å². The fraction of sp³-hybridized carbons (Fsp3) is 1.00. The van der Waals surface area contributed by atoms with Gasteiger partial charge in [0.1, 0.15) is 0 Å². The number of hydrogen-bond acceptors (Lipinski definition) is 1. The summed E-state index contributed by atoms with van der Waals surface area (Å²) in [6, 6.07) is 0. The number of nitrogens with zero attached hydrogens (tertiary/aromatic N) is 1. The average molecular weight is 191 g/mol. The van der Waals surface area contributed by atoms with Crippen LogP contribution in [0.3, 0.4) is 0 Å². The molecule has 0 saturated carbocycles. The molecule has 0 aromatic heterocycles. The topological polar surface area (TPSA) is 3.24 Å². The molecule has 0 atom stereocenters. The monoisotopic (exact) mass is 191 g/mol. The maximum atomic E-state index is 2.21. The van der Waals surface area contributed by atoms with Crippen LogP contribution in [-0.4, -0.2) is 25.5 Å². The molecule has 1 nitrogen and oxygen atoms in total. The van der Waals surface area contributed by atoms with Crippen LogP contribution < -0.4 is 0 Å². The Morgan fingerprint density at radius 1 is 0.769 bits per heavy atom. The van der Waals surface area contributed by atoms with Gasteiger partial charge in [-0.15, -0.1) is 0 Å². The van der Waals surface area contributed by atoms with Crippen LogP contribution in [0, 0.1) is 0 Å². The fourth-order valence-electron chi connectivity index (χ4n) is 0.474. The summed E-state index contributed by atoms with van der Waals surface area (Å²) in [5.41, 5.74) is 0. The van der Waals surface area contributed by atoms with E-state index in [9.17, 15) is 0 Å². The molecule has 13 heavy (non-hydrogen) atoms. The molecular weight excluding hydrogens is 158 g/mol. The minimum absolute atomic E-state index is 1.23. The van der Waals surface area contributed by atoms with E-state index in [4.69, 9.17) is 0 Å². The summed E-state index contributed by atoms with van der Waals surface area (Å²) in [6.07, 6.45) is 2.63. The molecule has 0 aliphatic heterocycles. The van der Waals surface area contributed by atoms with E-state index in [1.54, 1.807) is 0 Å². The molecule has 0 radical (unpaired) electrons. The quantitative estimate of drug-likeness (QED) is 0.638. The molecule has 0 aromatic carbocycles. The van der Waals surface area contributed by atoms with Gasteiger partial charge in [-0.05, 0) is 27.1 Å². The lowest BCUT2D eigenvalue weighted by Gasteiger charge is -2.05. The number of hydrogen-bond donors (Lipinski definition) is 0. The van der Waals surface area contributed by atoms with E-state index < -0.39 is 0 Å². The summed E-state index contributed by atoms with van der Waals surface area (Å²) in [6.45, 7) is 15.4. The van der Waals surface area contributed by atoms with Crippen molar-refractivity contribution in [3.8, 4) is 0 Å². The summed E-state index contributed by atoms with van der Waals surface area (Å²) in [5.74, 6) is 0. The second kappa shape index (κ2) is 40.4.